The van der Waals surface area contributed by atoms with E-state index in [1.54, 1.807) is 0 Å². The van der Waals surface area contributed by atoms with Crippen molar-refractivity contribution in [3.63, 3.8) is 0 Å². The first-order valence-corrected chi connectivity index (χ1v) is 10.6. The van der Waals surface area contributed by atoms with E-state index in [0.29, 0.717) is 0 Å². The lowest BCUT2D eigenvalue weighted by molar-refractivity contribution is 0.257. The zero-order valence-electron chi connectivity index (χ0n) is 17.6. The molecule has 2 aromatic rings. The van der Waals surface area contributed by atoms with Gasteiger partial charge in [-0.25, -0.2) is 0 Å². The van der Waals surface area contributed by atoms with Gasteiger partial charge in [0, 0.05) is 44.0 Å². The summed E-state index contributed by atoms with van der Waals surface area (Å²) in [5.41, 5.74) is 4.77. The summed E-state index contributed by atoms with van der Waals surface area (Å²) in [6.07, 6.45) is 13.4. The largest absolute Gasteiger partial charge is 0.396 e. The molecule has 4 nitrogen and oxygen atoms in total. The number of aryl methyl sites for hydroxylation is 1. The molecule has 0 fully saturated rings. The fraction of sp³-hybridized carbons (Fsp3) is 0.609. The van der Waals surface area contributed by atoms with Gasteiger partial charge in [-0.05, 0) is 29.7 Å². The predicted octanol–water partition coefficient (Wildman–Crippen LogP) is 5.37. The number of benzene rings is 1. The molecule has 0 spiro atoms. The van der Waals surface area contributed by atoms with Crippen LogP contribution in [0.2, 0.25) is 0 Å². The van der Waals surface area contributed by atoms with Crippen molar-refractivity contribution in [2.45, 2.75) is 64.7 Å². The minimum atomic E-state index is 0.220. The molecule has 0 saturated carbocycles. The molecule has 0 aliphatic carbocycles. The molecule has 1 aliphatic rings. The van der Waals surface area contributed by atoms with Crippen LogP contribution in [0.1, 0.15) is 70.3 Å². The summed E-state index contributed by atoms with van der Waals surface area (Å²) in [5, 5.41) is 13.8. The van der Waals surface area contributed by atoms with E-state index in [1.807, 2.05) is 24.1 Å². The van der Waals surface area contributed by atoms with Crippen molar-refractivity contribution in [1.82, 2.24) is 9.78 Å². The van der Waals surface area contributed by atoms with Crippen molar-refractivity contribution in [3.8, 4) is 11.1 Å². The maximum atomic E-state index is 9.55. The number of nitrogens with zero attached hydrogens (tertiary/aromatic N) is 3. The molecular formula is C23H37N3O. The minimum absolute atomic E-state index is 0.220. The number of rotatable bonds is 7. The lowest BCUT2D eigenvalue weighted by Crippen LogP contribution is -2.28. The molecule has 0 amide bonds. The van der Waals surface area contributed by atoms with Gasteiger partial charge in [0.2, 0.25) is 0 Å². The summed E-state index contributed by atoms with van der Waals surface area (Å²) < 4.78 is 1.81. The Bertz CT molecular complexity index is 674. The lowest BCUT2D eigenvalue weighted by Gasteiger charge is -2.32. The van der Waals surface area contributed by atoms with Gasteiger partial charge in [-0.1, -0.05) is 58.4 Å². The highest BCUT2D eigenvalue weighted by molar-refractivity contribution is 5.69. The molecule has 150 valence electrons. The Morgan fingerprint density at radius 2 is 1.74 bits per heavy atom. The fourth-order valence-electron chi connectivity index (χ4n) is 3.65. The number of aliphatic hydroxyl groups excluding tert-OH is 1. The van der Waals surface area contributed by atoms with Gasteiger partial charge in [-0.15, -0.1) is 0 Å². The second kappa shape index (κ2) is 11.1. The van der Waals surface area contributed by atoms with Gasteiger partial charge in [0.15, 0.2) is 0 Å². The molecule has 1 aliphatic heterocycles. The van der Waals surface area contributed by atoms with Gasteiger partial charge in [-0.3, -0.25) is 4.68 Å². The molecule has 3 rings (SSSR count). The highest BCUT2D eigenvalue weighted by Crippen LogP contribution is 2.36. The van der Waals surface area contributed by atoms with Crippen LogP contribution < -0.4 is 4.90 Å². The van der Waals surface area contributed by atoms with E-state index in [0.717, 1.165) is 18.5 Å². The average Bonchev–Trinajstić information content (AvgIpc) is 3.12. The van der Waals surface area contributed by atoms with E-state index in [9.17, 15) is 5.11 Å². The Morgan fingerprint density at radius 1 is 1.04 bits per heavy atom. The van der Waals surface area contributed by atoms with Crippen LogP contribution in [-0.4, -0.2) is 35.1 Å². The van der Waals surface area contributed by atoms with Crippen molar-refractivity contribution >= 4 is 5.69 Å². The predicted molar refractivity (Wildman–Crippen MR) is 115 cm³/mol. The van der Waals surface area contributed by atoms with Crippen LogP contribution in [0, 0.1) is 0 Å². The van der Waals surface area contributed by atoms with Crippen LogP contribution in [0.5, 0.6) is 0 Å². The minimum Gasteiger partial charge on any atom is -0.396 e. The van der Waals surface area contributed by atoms with E-state index in [2.05, 4.69) is 49.1 Å². The number of anilines is 1. The smallest absolute Gasteiger partial charge is 0.0568 e. The number of unbranched alkanes of at least 4 members (excludes halogenated alkanes) is 5. The van der Waals surface area contributed by atoms with E-state index >= 15 is 0 Å². The van der Waals surface area contributed by atoms with Crippen LogP contribution in [0.25, 0.3) is 11.1 Å². The van der Waals surface area contributed by atoms with Crippen LogP contribution in [-0.2, 0) is 7.05 Å². The number of fused-ring (bicyclic) bond motifs is 1. The second-order valence-electron chi connectivity index (χ2n) is 7.68. The van der Waals surface area contributed by atoms with E-state index in [-0.39, 0.29) is 12.5 Å². The van der Waals surface area contributed by atoms with Gasteiger partial charge < -0.3 is 10.0 Å². The zero-order valence-corrected chi connectivity index (χ0v) is 17.6. The topological polar surface area (TPSA) is 41.3 Å². The highest BCUT2D eigenvalue weighted by Gasteiger charge is 2.23. The molecule has 1 atom stereocenters. The number of aliphatic hydroxyl groups is 1. The van der Waals surface area contributed by atoms with Crippen molar-refractivity contribution in [3.05, 3.63) is 36.2 Å². The third kappa shape index (κ3) is 6.10. The zero-order chi connectivity index (χ0) is 19.6. The molecule has 1 unspecified atom stereocenters. The third-order valence-electron chi connectivity index (χ3n) is 5.41. The quantitative estimate of drug-likeness (QED) is 0.665. The van der Waals surface area contributed by atoms with Crippen LogP contribution in [0.15, 0.2) is 30.6 Å². The van der Waals surface area contributed by atoms with Crippen molar-refractivity contribution in [2.75, 3.05) is 25.1 Å². The third-order valence-corrected chi connectivity index (χ3v) is 5.41. The summed E-state index contributed by atoms with van der Waals surface area (Å²) in [6, 6.07) is 6.48. The fourth-order valence-corrected chi connectivity index (χ4v) is 3.65. The first kappa shape index (κ1) is 21.5. The van der Waals surface area contributed by atoms with Crippen LogP contribution >= 0.6 is 0 Å². The number of hydrogen-bond acceptors (Lipinski definition) is 3. The van der Waals surface area contributed by atoms with Crippen LogP contribution in [0.4, 0.5) is 5.69 Å². The van der Waals surface area contributed by atoms with Crippen molar-refractivity contribution in [2.24, 2.45) is 7.05 Å². The Kier molecular flexibility index (Phi) is 8.86. The van der Waals surface area contributed by atoms with Gasteiger partial charge >= 0.3 is 0 Å². The maximum absolute atomic E-state index is 9.55. The standard InChI is InChI=1S/C15H19N3O.C8H18/c1-17-6-5-12(10-19)14-7-11(3-4-15(14)17)13-8-16-18(2)9-13;1-3-5-7-8-6-4-2/h3-4,7-9,12,19H,5-6,10H2,1-2H3;3-8H2,1-2H3. The summed E-state index contributed by atoms with van der Waals surface area (Å²) in [5.74, 6) is 0.253. The number of hydrogen-bond donors (Lipinski definition) is 1. The molecule has 1 aromatic carbocycles. The number of aromatic nitrogens is 2. The summed E-state index contributed by atoms with van der Waals surface area (Å²) in [4.78, 5) is 2.26. The van der Waals surface area contributed by atoms with E-state index in [4.69, 9.17) is 0 Å². The van der Waals surface area contributed by atoms with Crippen molar-refractivity contribution in [1.29, 1.82) is 0 Å². The second-order valence-corrected chi connectivity index (χ2v) is 7.68. The highest BCUT2D eigenvalue weighted by atomic mass is 16.3. The molecule has 27 heavy (non-hydrogen) atoms. The van der Waals surface area contributed by atoms with E-state index < -0.39 is 0 Å². The SMILES string of the molecule is CCCCCCCC.CN1CCC(CO)c2cc(-c3cnn(C)c3)ccc21. The van der Waals surface area contributed by atoms with Crippen molar-refractivity contribution < 1.29 is 5.11 Å². The Morgan fingerprint density at radius 3 is 2.30 bits per heavy atom. The van der Waals surface area contributed by atoms with Gasteiger partial charge in [0.05, 0.1) is 12.8 Å². The Labute approximate surface area is 165 Å². The molecule has 1 N–H and O–H groups in total. The summed E-state index contributed by atoms with van der Waals surface area (Å²) in [7, 11) is 4.03. The maximum Gasteiger partial charge on any atom is 0.0568 e. The molecule has 0 bridgehead atoms. The lowest BCUT2D eigenvalue weighted by atomic mass is 9.89. The van der Waals surface area contributed by atoms with Gasteiger partial charge in [-0.2, -0.15) is 5.10 Å². The molecule has 1 aromatic heterocycles. The molecule has 0 radical (unpaired) electrons. The molecular weight excluding hydrogens is 334 g/mol. The van der Waals surface area contributed by atoms with Gasteiger partial charge in [0.25, 0.3) is 0 Å². The summed E-state index contributed by atoms with van der Waals surface area (Å²) in [6.45, 7) is 5.74. The monoisotopic (exact) mass is 371 g/mol. The van der Waals surface area contributed by atoms with Crippen LogP contribution in [0.3, 0.4) is 0 Å². The summed E-state index contributed by atoms with van der Waals surface area (Å²) >= 11 is 0. The molecule has 0 saturated heterocycles. The molecule has 4 heteroatoms. The van der Waals surface area contributed by atoms with Gasteiger partial charge in [0.1, 0.15) is 0 Å². The van der Waals surface area contributed by atoms with E-state index in [1.165, 1.54) is 55.3 Å². The first-order chi connectivity index (χ1) is 13.1. The normalized spacial score (nSPS) is 15.9. The average molecular weight is 372 g/mol. The molecule has 2 heterocycles. The Hall–Kier alpha value is -1.81. The Balaban J connectivity index is 0.000000279. The first-order valence-electron chi connectivity index (χ1n) is 10.6.